The lowest BCUT2D eigenvalue weighted by atomic mass is 10.1. The Bertz CT molecular complexity index is 876. The fourth-order valence-electron chi connectivity index (χ4n) is 2.01. The number of carboxylic acid groups (broad SMARTS) is 1. The molecular weight excluding hydrogens is 409 g/mol. The van der Waals surface area contributed by atoms with Crippen LogP contribution in [0.25, 0.3) is 22.4 Å². The van der Waals surface area contributed by atoms with Gasteiger partial charge in [0.15, 0.2) is 10.4 Å². The van der Waals surface area contributed by atoms with E-state index in [-0.39, 0.29) is 10.9 Å². The standard InChI is InChI=1S/C14H6Br2FNO3/c15-9-4-6(17)3-7-8(14(19)20)5-10(18-13(7)9)11-1-2-12(16)21-11/h1-5H,(H,19,20). The summed E-state index contributed by atoms with van der Waals surface area (Å²) in [5, 5.41) is 9.56. The number of carboxylic acids is 1. The minimum atomic E-state index is -1.16. The van der Waals surface area contributed by atoms with Crippen molar-refractivity contribution in [3.8, 4) is 11.5 Å². The lowest BCUT2D eigenvalue weighted by Gasteiger charge is -2.07. The molecule has 0 radical (unpaired) electrons. The van der Waals surface area contributed by atoms with Gasteiger partial charge in [-0.05, 0) is 62.2 Å². The summed E-state index contributed by atoms with van der Waals surface area (Å²) in [5.74, 6) is -1.28. The molecular formula is C14H6Br2FNO3. The summed E-state index contributed by atoms with van der Waals surface area (Å²) in [6, 6.07) is 7.10. The second-order valence-corrected chi connectivity index (χ2v) is 5.88. The fourth-order valence-corrected chi connectivity index (χ4v) is 2.83. The average molecular weight is 415 g/mol. The molecule has 0 aliphatic rings. The molecule has 21 heavy (non-hydrogen) atoms. The number of aromatic carboxylic acids is 1. The van der Waals surface area contributed by atoms with E-state index in [1.54, 1.807) is 12.1 Å². The van der Waals surface area contributed by atoms with Crippen LogP contribution in [0.15, 0.2) is 43.9 Å². The quantitative estimate of drug-likeness (QED) is 0.650. The van der Waals surface area contributed by atoms with Gasteiger partial charge in [0.05, 0.1) is 11.1 Å². The highest BCUT2D eigenvalue weighted by Gasteiger charge is 2.17. The van der Waals surface area contributed by atoms with Crippen LogP contribution in [0.5, 0.6) is 0 Å². The first-order valence-corrected chi connectivity index (χ1v) is 7.33. The third-order valence-electron chi connectivity index (χ3n) is 2.89. The van der Waals surface area contributed by atoms with E-state index in [1.165, 1.54) is 12.1 Å². The van der Waals surface area contributed by atoms with Crippen molar-refractivity contribution in [3.05, 3.63) is 50.9 Å². The number of benzene rings is 1. The largest absolute Gasteiger partial charge is 0.478 e. The summed E-state index contributed by atoms with van der Waals surface area (Å²) >= 11 is 6.39. The van der Waals surface area contributed by atoms with Gasteiger partial charge in [0.25, 0.3) is 0 Å². The third kappa shape index (κ3) is 2.58. The van der Waals surface area contributed by atoms with Gasteiger partial charge in [0, 0.05) is 9.86 Å². The maximum absolute atomic E-state index is 13.5. The first-order valence-electron chi connectivity index (χ1n) is 5.74. The molecule has 1 N–H and O–H groups in total. The fraction of sp³-hybridized carbons (Fsp3) is 0. The van der Waals surface area contributed by atoms with Gasteiger partial charge in [-0.25, -0.2) is 14.2 Å². The molecule has 2 heterocycles. The third-order valence-corrected chi connectivity index (χ3v) is 3.92. The molecule has 106 valence electrons. The van der Waals surface area contributed by atoms with Gasteiger partial charge in [-0.1, -0.05) is 0 Å². The summed E-state index contributed by atoms with van der Waals surface area (Å²) < 4.78 is 19.8. The summed E-state index contributed by atoms with van der Waals surface area (Å²) in [5.41, 5.74) is 0.680. The van der Waals surface area contributed by atoms with Crippen molar-refractivity contribution < 1.29 is 18.7 Å². The Morgan fingerprint density at radius 3 is 2.62 bits per heavy atom. The van der Waals surface area contributed by atoms with Gasteiger partial charge >= 0.3 is 5.97 Å². The van der Waals surface area contributed by atoms with E-state index in [1.807, 2.05) is 0 Å². The molecule has 0 fully saturated rings. The van der Waals surface area contributed by atoms with Crippen LogP contribution >= 0.6 is 31.9 Å². The molecule has 0 saturated heterocycles. The Balaban J connectivity index is 2.37. The van der Waals surface area contributed by atoms with Crippen molar-refractivity contribution >= 4 is 48.7 Å². The molecule has 1 aromatic carbocycles. The molecule has 0 atom stereocenters. The van der Waals surface area contributed by atoms with Crippen LogP contribution in [0, 0.1) is 5.82 Å². The number of rotatable bonds is 2. The number of halogens is 3. The summed E-state index contributed by atoms with van der Waals surface area (Å²) in [6.07, 6.45) is 0. The Morgan fingerprint density at radius 2 is 2.00 bits per heavy atom. The van der Waals surface area contributed by atoms with E-state index < -0.39 is 11.8 Å². The van der Waals surface area contributed by atoms with E-state index in [0.29, 0.717) is 26.1 Å². The Hall–Kier alpha value is -1.73. The van der Waals surface area contributed by atoms with Crippen molar-refractivity contribution in [1.82, 2.24) is 4.98 Å². The molecule has 0 spiro atoms. The first-order chi connectivity index (χ1) is 9.95. The lowest BCUT2D eigenvalue weighted by molar-refractivity contribution is 0.0699. The van der Waals surface area contributed by atoms with Crippen molar-refractivity contribution in [2.45, 2.75) is 0 Å². The number of pyridine rings is 1. The minimum Gasteiger partial charge on any atom is -0.478 e. The number of carbonyl (C=O) groups is 1. The Labute approximate surface area is 134 Å². The van der Waals surface area contributed by atoms with E-state index in [9.17, 15) is 14.3 Å². The van der Waals surface area contributed by atoms with E-state index >= 15 is 0 Å². The van der Waals surface area contributed by atoms with Crippen LogP contribution in [0.2, 0.25) is 0 Å². The van der Waals surface area contributed by atoms with Gasteiger partial charge in [-0.2, -0.15) is 0 Å². The van der Waals surface area contributed by atoms with E-state index in [0.717, 1.165) is 6.07 Å². The molecule has 3 aromatic rings. The zero-order valence-corrected chi connectivity index (χ0v) is 13.4. The van der Waals surface area contributed by atoms with Crippen molar-refractivity contribution in [1.29, 1.82) is 0 Å². The van der Waals surface area contributed by atoms with E-state index in [4.69, 9.17) is 4.42 Å². The smallest absolute Gasteiger partial charge is 0.336 e. The highest BCUT2D eigenvalue weighted by molar-refractivity contribution is 9.10. The molecule has 0 aliphatic heterocycles. The number of hydrogen-bond donors (Lipinski definition) is 1. The van der Waals surface area contributed by atoms with Crippen LogP contribution in [-0.4, -0.2) is 16.1 Å². The molecule has 0 bridgehead atoms. The van der Waals surface area contributed by atoms with Crippen LogP contribution in [-0.2, 0) is 0 Å². The highest BCUT2D eigenvalue weighted by Crippen LogP contribution is 2.31. The van der Waals surface area contributed by atoms with Crippen molar-refractivity contribution in [3.63, 3.8) is 0 Å². The number of nitrogens with zero attached hydrogens (tertiary/aromatic N) is 1. The van der Waals surface area contributed by atoms with Gasteiger partial charge in [0.1, 0.15) is 11.5 Å². The van der Waals surface area contributed by atoms with Gasteiger partial charge in [0.2, 0.25) is 0 Å². The zero-order valence-electron chi connectivity index (χ0n) is 10.2. The Kier molecular flexibility index (Phi) is 3.54. The highest BCUT2D eigenvalue weighted by atomic mass is 79.9. The predicted octanol–water partition coefficient (Wildman–Crippen LogP) is 4.86. The van der Waals surface area contributed by atoms with Crippen LogP contribution < -0.4 is 0 Å². The molecule has 4 nitrogen and oxygen atoms in total. The van der Waals surface area contributed by atoms with Gasteiger partial charge in [-0.3, -0.25) is 0 Å². The molecule has 0 unspecified atom stereocenters. The second-order valence-electron chi connectivity index (χ2n) is 4.25. The second kappa shape index (κ2) is 5.23. The van der Waals surface area contributed by atoms with Crippen LogP contribution in [0.1, 0.15) is 10.4 Å². The maximum atomic E-state index is 13.5. The molecule has 0 saturated carbocycles. The van der Waals surface area contributed by atoms with Gasteiger partial charge in [-0.15, -0.1) is 0 Å². The maximum Gasteiger partial charge on any atom is 0.336 e. The Morgan fingerprint density at radius 1 is 1.24 bits per heavy atom. The van der Waals surface area contributed by atoms with E-state index in [2.05, 4.69) is 36.8 Å². The predicted molar refractivity (Wildman–Crippen MR) is 81.8 cm³/mol. The molecule has 0 amide bonds. The van der Waals surface area contributed by atoms with Crippen LogP contribution in [0.4, 0.5) is 4.39 Å². The van der Waals surface area contributed by atoms with Crippen molar-refractivity contribution in [2.24, 2.45) is 0 Å². The lowest BCUT2D eigenvalue weighted by Crippen LogP contribution is -2.01. The topological polar surface area (TPSA) is 63.3 Å². The number of furan rings is 1. The van der Waals surface area contributed by atoms with Crippen molar-refractivity contribution in [2.75, 3.05) is 0 Å². The molecule has 7 heteroatoms. The summed E-state index contributed by atoms with van der Waals surface area (Å²) in [4.78, 5) is 15.8. The average Bonchev–Trinajstić information content (AvgIpc) is 2.84. The first kappa shape index (κ1) is 14.2. The molecule has 0 aliphatic carbocycles. The minimum absolute atomic E-state index is 0.0391. The molecule has 3 rings (SSSR count). The monoisotopic (exact) mass is 413 g/mol. The molecule has 2 aromatic heterocycles. The SMILES string of the molecule is O=C(O)c1cc(-c2ccc(Br)o2)nc2c(Br)cc(F)cc12. The normalized spacial score (nSPS) is 11.0. The summed E-state index contributed by atoms with van der Waals surface area (Å²) in [7, 11) is 0. The van der Waals surface area contributed by atoms with Crippen LogP contribution in [0.3, 0.4) is 0 Å². The number of hydrogen-bond acceptors (Lipinski definition) is 3. The number of fused-ring (bicyclic) bond motifs is 1. The van der Waals surface area contributed by atoms with Gasteiger partial charge < -0.3 is 9.52 Å². The zero-order chi connectivity index (χ0) is 15.1. The number of aromatic nitrogens is 1. The summed E-state index contributed by atoms with van der Waals surface area (Å²) in [6.45, 7) is 0.